The van der Waals surface area contributed by atoms with E-state index < -0.39 is 0 Å². The molecule has 1 aromatic carbocycles. The van der Waals surface area contributed by atoms with Crippen molar-refractivity contribution in [3.63, 3.8) is 0 Å². The number of aryl methyl sites for hydroxylation is 1. The predicted molar refractivity (Wildman–Crippen MR) is 93.9 cm³/mol. The van der Waals surface area contributed by atoms with E-state index in [1.165, 1.54) is 0 Å². The number of benzene rings is 1. The minimum atomic E-state index is 0.129. The molecule has 1 atom stereocenters. The SMILES string of the molecule is CCCOC1CCCN(C(=O)CCc2nc(-c3ccccc3)no2)C1. The van der Waals surface area contributed by atoms with Crippen LogP contribution in [0.1, 0.15) is 38.5 Å². The topological polar surface area (TPSA) is 68.5 Å². The van der Waals surface area contributed by atoms with Crippen LogP contribution >= 0.6 is 0 Å². The van der Waals surface area contributed by atoms with Crippen LogP contribution in [0.2, 0.25) is 0 Å². The maximum atomic E-state index is 12.4. The van der Waals surface area contributed by atoms with Crippen molar-refractivity contribution >= 4 is 5.91 Å². The largest absolute Gasteiger partial charge is 0.376 e. The lowest BCUT2D eigenvalue weighted by Crippen LogP contribution is -2.43. The third kappa shape index (κ3) is 4.89. The first-order chi connectivity index (χ1) is 12.3. The highest BCUT2D eigenvalue weighted by Gasteiger charge is 2.24. The highest BCUT2D eigenvalue weighted by molar-refractivity contribution is 5.76. The number of hydrogen-bond acceptors (Lipinski definition) is 5. The van der Waals surface area contributed by atoms with E-state index in [2.05, 4.69) is 17.1 Å². The van der Waals surface area contributed by atoms with Crippen LogP contribution in [0.5, 0.6) is 0 Å². The minimum absolute atomic E-state index is 0.129. The van der Waals surface area contributed by atoms with Gasteiger partial charge in [-0.1, -0.05) is 42.4 Å². The molecule has 6 heteroatoms. The van der Waals surface area contributed by atoms with Crippen molar-refractivity contribution in [3.05, 3.63) is 36.2 Å². The third-order valence-electron chi connectivity index (χ3n) is 4.34. The fourth-order valence-electron chi connectivity index (χ4n) is 3.02. The minimum Gasteiger partial charge on any atom is -0.376 e. The van der Waals surface area contributed by atoms with Gasteiger partial charge in [-0.3, -0.25) is 4.79 Å². The third-order valence-corrected chi connectivity index (χ3v) is 4.34. The molecule has 0 aliphatic carbocycles. The summed E-state index contributed by atoms with van der Waals surface area (Å²) in [5, 5.41) is 3.99. The highest BCUT2D eigenvalue weighted by Crippen LogP contribution is 2.17. The van der Waals surface area contributed by atoms with E-state index in [1.807, 2.05) is 35.2 Å². The van der Waals surface area contributed by atoms with Gasteiger partial charge >= 0.3 is 0 Å². The second-order valence-corrected chi connectivity index (χ2v) is 6.35. The first kappa shape index (κ1) is 17.6. The standard InChI is InChI=1S/C19H25N3O3/c1-2-13-24-16-9-6-12-22(14-16)18(23)11-10-17-20-19(21-25-17)15-7-4-3-5-8-15/h3-5,7-8,16H,2,6,9-14H2,1H3. The first-order valence-electron chi connectivity index (χ1n) is 9.03. The van der Waals surface area contributed by atoms with E-state index in [0.717, 1.165) is 38.0 Å². The quantitative estimate of drug-likeness (QED) is 0.773. The maximum Gasteiger partial charge on any atom is 0.227 e. The van der Waals surface area contributed by atoms with Gasteiger partial charge < -0.3 is 14.2 Å². The number of nitrogens with zero attached hydrogens (tertiary/aromatic N) is 3. The summed E-state index contributed by atoms with van der Waals surface area (Å²) < 4.78 is 11.1. The smallest absolute Gasteiger partial charge is 0.227 e. The monoisotopic (exact) mass is 343 g/mol. The summed E-state index contributed by atoms with van der Waals surface area (Å²) in [7, 11) is 0. The van der Waals surface area contributed by atoms with E-state index in [9.17, 15) is 4.79 Å². The van der Waals surface area contributed by atoms with Gasteiger partial charge in [0, 0.05) is 38.1 Å². The fraction of sp³-hybridized carbons (Fsp3) is 0.526. The summed E-state index contributed by atoms with van der Waals surface area (Å²) in [4.78, 5) is 18.7. The molecule has 2 aromatic rings. The van der Waals surface area contributed by atoms with Crippen LogP contribution < -0.4 is 0 Å². The molecule has 0 saturated carbocycles. The van der Waals surface area contributed by atoms with E-state index in [0.29, 0.717) is 31.1 Å². The maximum absolute atomic E-state index is 12.4. The average Bonchev–Trinajstić information content (AvgIpc) is 3.14. The molecule has 2 heterocycles. The van der Waals surface area contributed by atoms with Crippen LogP contribution in [0.15, 0.2) is 34.9 Å². The number of piperidine rings is 1. The zero-order chi connectivity index (χ0) is 17.5. The van der Waals surface area contributed by atoms with Gasteiger partial charge in [0.05, 0.1) is 6.10 Å². The second kappa shape index (κ2) is 8.76. The molecule has 1 fully saturated rings. The molecule has 3 rings (SSSR count). The van der Waals surface area contributed by atoms with Crippen molar-refractivity contribution in [2.75, 3.05) is 19.7 Å². The highest BCUT2D eigenvalue weighted by atomic mass is 16.5. The molecule has 1 unspecified atom stereocenters. The van der Waals surface area contributed by atoms with Crippen LogP contribution in [0.4, 0.5) is 0 Å². The van der Waals surface area contributed by atoms with Crippen molar-refractivity contribution in [1.82, 2.24) is 15.0 Å². The number of rotatable bonds is 7. The van der Waals surface area contributed by atoms with Gasteiger partial charge in [0.2, 0.25) is 17.6 Å². The molecule has 1 aliphatic heterocycles. The molecule has 6 nitrogen and oxygen atoms in total. The van der Waals surface area contributed by atoms with Gasteiger partial charge in [0.25, 0.3) is 0 Å². The second-order valence-electron chi connectivity index (χ2n) is 6.35. The summed E-state index contributed by atoms with van der Waals surface area (Å²) in [5.41, 5.74) is 0.913. The Bertz CT molecular complexity index is 672. The van der Waals surface area contributed by atoms with Crippen LogP contribution in [0.3, 0.4) is 0 Å². The molecule has 0 N–H and O–H groups in total. The molecule has 134 valence electrons. The van der Waals surface area contributed by atoms with Crippen molar-refractivity contribution in [2.24, 2.45) is 0 Å². The van der Waals surface area contributed by atoms with Crippen molar-refractivity contribution in [3.8, 4) is 11.4 Å². The van der Waals surface area contributed by atoms with Gasteiger partial charge in [0.1, 0.15) is 0 Å². The lowest BCUT2D eigenvalue weighted by atomic mass is 10.1. The Balaban J connectivity index is 1.50. The van der Waals surface area contributed by atoms with E-state index >= 15 is 0 Å². The number of likely N-dealkylation sites (tertiary alicyclic amines) is 1. The van der Waals surface area contributed by atoms with Crippen molar-refractivity contribution in [1.29, 1.82) is 0 Å². The number of hydrogen-bond donors (Lipinski definition) is 0. The molecular weight excluding hydrogens is 318 g/mol. The molecule has 1 aromatic heterocycles. The Kier molecular flexibility index (Phi) is 6.17. The average molecular weight is 343 g/mol. The number of amides is 1. The van der Waals surface area contributed by atoms with E-state index in [1.54, 1.807) is 0 Å². The molecule has 0 bridgehead atoms. The van der Waals surface area contributed by atoms with E-state index in [-0.39, 0.29) is 12.0 Å². The van der Waals surface area contributed by atoms with Crippen LogP contribution in [-0.4, -0.2) is 46.7 Å². The summed E-state index contributed by atoms with van der Waals surface area (Å²) in [5.74, 6) is 1.20. The Labute approximate surface area is 148 Å². The predicted octanol–water partition coefficient (Wildman–Crippen LogP) is 3.09. The zero-order valence-corrected chi connectivity index (χ0v) is 14.7. The summed E-state index contributed by atoms with van der Waals surface area (Å²) in [6, 6.07) is 9.68. The van der Waals surface area contributed by atoms with Crippen molar-refractivity contribution in [2.45, 2.75) is 45.1 Å². The molecule has 0 radical (unpaired) electrons. The van der Waals surface area contributed by atoms with Gasteiger partial charge in [0.15, 0.2) is 0 Å². The summed E-state index contributed by atoms with van der Waals surface area (Å²) >= 11 is 0. The van der Waals surface area contributed by atoms with Gasteiger partial charge in [-0.15, -0.1) is 0 Å². The summed E-state index contributed by atoms with van der Waals surface area (Å²) in [6.07, 6.45) is 4.07. The van der Waals surface area contributed by atoms with Crippen LogP contribution in [-0.2, 0) is 16.0 Å². The molecule has 0 spiro atoms. The Morgan fingerprint density at radius 3 is 3.00 bits per heavy atom. The zero-order valence-electron chi connectivity index (χ0n) is 14.7. The fourth-order valence-corrected chi connectivity index (χ4v) is 3.02. The van der Waals surface area contributed by atoms with Crippen LogP contribution in [0.25, 0.3) is 11.4 Å². The lowest BCUT2D eigenvalue weighted by molar-refractivity contribution is -0.135. The summed E-state index contributed by atoms with van der Waals surface area (Å²) in [6.45, 7) is 4.36. The molecule has 1 amide bonds. The van der Waals surface area contributed by atoms with Crippen LogP contribution in [0, 0.1) is 0 Å². The molecular formula is C19H25N3O3. The Morgan fingerprint density at radius 1 is 1.36 bits per heavy atom. The Hall–Kier alpha value is -2.21. The number of carbonyl (C=O) groups is 1. The first-order valence-corrected chi connectivity index (χ1v) is 9.03. The number of carbonyl (C=O) groups excluding carboxylic acids is 1. The van der Waals surface area contributed by atoms with Gasteiger partial charge in [-0.25, -0.2) is 0 Å². The van der Waals surface area contributed by atoms with E-state index in [4.69, 9.17) is 9.26 Å². The van der Waals surface area contributed by atoms with Gasteiger partial charge in [-0.2, -0.15) is 4.98 Å². The molecule has 1 aliphatic rings. The Morgan fingerprint density at radius 2 is 2.20 bits per heavy atom. The number of ether oxygens (including phenoxy) is 1. The molecule has 25 heavy (non-hydrogen) atoms. The number of aromatic nitrogens is 2. The van der Waals surface area contributed by atoms with Crippen molar-refractivity contribution < 1.29 is 14.1 Å². The molecule has 1 saturated heterocycles. The lowest BCUT2D eigenvalue weighted by Gasteiger charge is -2.32. The van der Waals surface area contributed by atoms with Gasteiger partial charge in [-0.05, 0) is 19.3 Å². The normalized spacial score (nSPS) is 17.6.